The summed E-state index contributed by atoms with van der Waals surface area (Å²) in [6, 6.07) is 25.9. The predicted molar refractivity (Wildman–Crippen MR) is 131 cm³/mol. The molecule has 0 unspecified atom stereocenters. The first-order chi connectivity index (χ1) is 16.7. The van der Waals surface area contributed by atoms with Gasteiger partial charge < -0.3 is 19.8 Å². The molecule has 4 rings (SSSR count). The summed E-state index contributed by atoms with van der Waals surface area (Å²) in [7, 11) is 0. The zero-order chi connectivity index (χ0) is 23.6. The molecule has 0 saturated heterocycles. The number of ether oxygens (including phenoxy) is 1. The fourth-order valence-corrected chi connectivity index (χ4v) is 3.32. The van der Waals surface area contributed by atoms with Crippen LogP contribution in [0.4, 0.5) is 11.4 Å². The Kier molecular flexibility index (Phi) is 7.69. The Labute approximate surface area is 197 Å². The number of oxazole rings is 1. The Morgan fingerprint density at radius 1 is 0.824 bits per heavy atom. The summed E-state index contributed by atoms with van der Waals surface area (Å²) in [4.78, 5) is 28.7. The van der Waals surface area contributed by atoms with E-state index in [1.165, 1.54) is 0 Å². The normalized spacial score (nSPS) is 10.5. The zero-order valence-corrected chi connectivity index (χ0v) is 18.6. The molecule has 0 bridgehead atoms. The zero-order valence-electron chi connectivity index (χ0n) is 18.6. The predicted octanol–water partition coefficient (Wildman–Crippen LogP) is 5.32. The summed E-state index contributed by atoms with van der Waals surface area (Å²) < 4.78 is 11.3. The van der Waals surface area contributed by atoms with Gasteiger partial charge in [0.25, 0.3) is 5.91 Å². The number of nitrogens with one attached hydrogen (secondary N) is 2. The van der Waals surface area contributed by atoms with E-state index in [2.05, 4.69) is 15.6 Å². The summed E-state index contributed by atoms with van der Waals surface area (Å²) in [6.07, 6.45) is 3.21. The number of aromatic nitrogens is 1. The van der Waals surface area contributed by atoms with E-state index in [-0.39, 0.29) is 18.4 Å². The van der Waals surface area contributed by atoms with Crippen LogP contribution in [0.3, 0.4) is 0 Å². The van der Waals surface area contributed by atoms with Crippen molar-refractivity contribution in [3.8, 4) is 17.1 Å². The van der Waals surface area contributed by atoms with Crippen molar-refractivity contribution in [2.24, 2.45) is 0 Å². The van der Waals surface area contributed by atoms with Crippen molar-refractivity contribution >= 4 is 23.2 Å². The Hall–Kier alpha value is -4.39. The molecule has 0 aliphatic heterocycles. The van der Waals surface area contributed by atoms with E-state index in [1.54, 1.807) is 42.6 Å². The van der Waals surface area contributed by atoms with Gasteiger partial charge in [0.15, 0.2) is 18.3 Å². The van der Waals surface area contributed by atoms with E-state index >= 15 is 0 Å². The molecule has 0 spiro atoms. The molecule has 172 valence electrons. The van der Waals surface area contributed by atoms with Gasteiger partial charge in [0.1, 0.15) is 5.75 Å². The molecule has 7 heteroatoms. The molecule has 0 aliphatic carbocycles. The average Bonchev–Trinajstić information content (AvgIpc) is 3.33. The number of carbonyl (C=O) groups is 2. The monoisotopic (exact) mass is 455 g/mol. The van der Waals surface area contributed by atoms with Gasteiger partial charge in [0, 0.05) is 35.8 Å². The van der Waals surface area contributed by atoms with E-state index in [9.17, 15) is 9.59 Å². The van der Waals surface area contributed by atoms with Gasteiger partial charge in [0.2, 0.25) is 5.91 Å². The Bertz CT molecular complexity index is 1220. The Morgan fingerprint density at radius 3 is 2.32 bits per heavy atom. The second kappa shape index (κ2) is 11.5. The van der Waals surface area contributed by atoms with E-state index in [4.69, 9.17) is 9.15 Å². The van der Waals surface area contributed by atoms with Crippen LogP contribution in [0.15, 0.2) is 95.5 Å². The van der Waals surface area contributed by atoms with Crippen LogP contribution in [0.5, 0.6) is 5.75 Å². The number of benzene rings is 3. The van der Waals surface area contributed by atoms with E-state index < -0.39 is 0 Å². The van der Waals surface area contributed by atoms with E-state index in [1.807, 2.05) is 48.5 Å². The second-order valence-corrected chi connectivity index (χ2v) is 7.62. The van der Waals surface area contributed by atoms with Crippen molar-refractivity contribution in [2.75, 3.05) is 17.2 Å². The first-order valence-electron chi connectivity index (χ1n) is 11.0. The molecule has 1 heterocycles. The molecule has 4 aromatic rings. The molecule has 1 aromatic heterocycles. The third-order valence-corrected chi connectivity index (χ3v) is 4.95. The minimum atomic E-state index is -0.261. The molecule has 2 amide bonds. The first kappa shape index (κ1) is 22.8. The third kappa shape index (κ3) is 6.80. The minimum absolute atomic E-state index is 0.117. The number of hydrogen-bond acceptors (Lipinski definition) is 5. The highest BCUT2D eigenvalue weighted by Crippen LogP contribution is 2.21. The first-order valence-corrected chi connectivity index (χ1v) is 11.0. The number of amides is 2. The summed E-state index contributed by atoms with van der Waals surface area (Å²) >= 11 is 0. The van der Waals surface area contributed by atoms with Crippen LogP contribution in [0.1, 0.15) is 18.7 Å². The summed E-state index contributed by atoms with van der Waals surface area (Å²) in [5.41, 5.74) is 2.28. The van der Waals surface area contributed by atoms with Crippen molar-refractivity contribution in [1.82, 2.24) is 4.98 Å². The number of para-hydroxylation sites is 1. The average molecular weight is 456 g/mol. The lowest BCUT2D eigenvalue weighted by Gasteiger charge is -2.10. The van der Waals surface area contributed by atoms with Gasteiger partial charge in [-0.25, -0.2) is 4.98 Å². The van der Waals surface area contributed by atoms with Crippen molar-refractivity contribution in [3.05, 3.63) is 97.0 Å². The quantitative estimate of drug-likeness (QED) is 0.338. The van der Waals surface area contributed by atoms with Crippen LogP contribution in [0.25, 0.3) is 11.3 Å². The van der Waals surface area contributed by atoms with Crippen LogP contribution in [-0.2, 0) is 16.0 Å². The minimum Gasteiger partial charge on any atom is -0.484 e. The van der Waals surface area contributed by atoms with Crippen LogP contribution in [0.2, 0.25) is 0 Å². The van der Waals surface area contributed by atoms with Crippen molar-refractivity contribution < 1.29 is 18.7 Å². The molecule has 0 radical (unpaired) electrons. The fraction of sp³-hybridized carbons (Fsp3) is 0.148. The van der Waals surface area contributed by atoms with E-state index in [0.717, 1.165) is 5.56 Å². The lowest BCUT2D eigenvalue weighted by molar-refractivity contribution is -0.118. The van der Waals surface area contributed by atoms with Crippen molar-refractivity contribution in [2.45, 2.75) is 19.3 Å². The topological polar surface area (TPSA) is 93.5 Å². The summed E-state index contributed by atoms with van der Waals surface area (Å²) in [5, 5.41) is 5.62. The number of aryl methyl sites for hydroxylation is 1. The maximum Gasteiger partial charge on any atom is 0.262 e. The van der Waals surface area contributed by atoms with Gasteiger partial charge in [-0.3, -0.25) is 9.59 Å². The molecule has 0 aliphatic rings. The largest absolute Gasteiger partial charge is 0.484 e. The highest BCUT2D eigenvalue weighted by Gasteiger charge is 2.09. The molecule has 3 aromatic carbocycles. The Balaban J connectivity index is 1.20. The number of anilines is 2. The molecule has 2 N–H and O–H groups in total. The third-order valence-electron chi connectivity index (χ3n) is 4.95. The highest BCUT2D eigenvalue weighted by molar-refractivity contribution is 5.92. The smallest absolute Gasteiger partial charge is 0.262 e. The molecule has 34 heavy (non-hydrogen) atoms. The highest BCUT2D eigenvalue weighted by atomic mass is 16.5. The second-order valence-electron chi connectivity index (χ2n) is 7.62. The maximum absolute atomic E-state index is 12.3. The molecule has 7 nitrogen and oxygen atoms in total. The number of hydrogen-bond donors (Lipinski definition) is 2. The van der Waals surface area contributed by atoms with Crippen molar-refractivity contribution in [3.63, 3.8) is 0 Å². The van der Waals surface area contributed by atoms with Crippen LogP contribution < -0.4 is 15.4 Å². The van der Waals surface area contributed by atoms with Crippen LogP contribution in [-0.4, -0.2) is 23.4 Å². The van der Waals surface area contributed by atoms with Crippen LogP contribution >= 0.6 is 0 Å². The molecular formula is C27H25N3O4. The van der Waals surface area contributed by atoms with Gasteiger partial charge in [-0.05, 0) is 30.7 Å². The molecule has 0 fully saturated rings. The van der Waals surface area contributed by atoms with Crippen molar-refractivity contribution in [1.29, 1.82) is 0 Å². The lowest BCUT2D eigenvalue weighted by atomic mass is 10.2. The molecule has 0 saturated carbocycles. The molecular weight excluding hydrogens is 430 g/mol. The SMILES string of the molecule is O=C(CCCc1ncc(-c2ccccc2)o1)Nc1cccc(OCC(=O)Nc2ccccc2)c1. The molecule has 0 atom stereocenters. The number of nitrogens with zero attached hydrogens (tertiary/aromatic N) is 1. The van der Waals surface area contributed by atoms with Gasteiger partial charge in [-0.15, -0.1) is 0 Å². The van der Waals surface area contributed by atoms with Gasteiger partial charge in [0.05, 0.1) is 6.20 Å². The number of carbonyl (C=O) groups excluding carboxylic acids is 2. The lowest BCUT2D eigenvalue weighted by Crippen LogP contribution is -2.20. The fourth-order valence-electron chi connectivity index (χ4n) is 3.32. The van der Waals surface area contributed by atoms with Gasteiger partial charge >= 0.3 is 0 Å². The summed E-state index contributed by atoms with van der Waals surface area (Å²) in [6.45, 7) is -0.132. The van der Waals surface area contributed by atoms with E-state index in [0.29, 0.717) is 48.0 Å². The number of rotatable bonds is 10. The summed E-state index contributed by atoms with van der Waals surface area (Å²) in [5.74, 6) is 1.44. The maximum atomic E-state index is 12.3. The standard InChI is InChI=1S/C27H25N3O4/c31-25(15-8-16-27-28-18-24(34-27)20-9-3-1-4-10-20)30-22-13-7-14-23(17-22)33-19-26(32)29-21-11-5-2-6-12-21/h1-7,9-14,17-18H,8,15-16,19H2,(H,29,32)(H,30,31). The van der Waals surface area contributed by atoms with Gasteiger partial charge in [-0.1, -0.05) is 54.6 Å². The van der Waals surface area contributed by atoms with Crippen LogP contribution in [0, 0.1) is 0 Å². The van der Waals surface area contributed by atoms with Gasteiger partial charge in [-0.2, -0.15) is 0 Å². The Morgan fingerprint density at radius 2 is 1.53 bits per heavy atom.